The number of aromatic nitrogens is 1. The second-order valence-electron chi connectivity index (χ2n) is 5.14. The van der Waals surface area contributed by atoms with Crippen LogP contribution in [0.2, 0.25) is 0 Å². The topological polar surface area (TPSA) is 4.93 Å². The average molecular weight is 269 g/mol. The highest BCUT2D eigenvalue weighted by Gasteiger charge is 2.10. The predicted octanol–water partition coefficient (Wildman–Crippen LogP) is 3.51. The minimum atomic E-state index is -0.221. The molecular formula is C18H20FN. The Bertz CT molecular complexity index is 718. The maximum atomic E-state index is 13.1. The van der Waals surface area contributed by atoms with Crippen molar-refractivity contribution in [1.82, 2.24) is 4.57 Å². The first-order valence-electron chi connectivity index (χ1n) is 6.84. The first kappa shape index (κ1) is 14.3. The van der Waals surface area contributed by atoms with E-state index in [1.165, 1.54) is 17.8 Å². The van der Waals surface area contributed by atoms with Gasteiger partial charge in [0, 0.05) is 11.4 Å². The summed E-state index contributed by atoms with van der Waals surface area (Å²) in [5.41, 5.74) is 2.14. The zero-order valence-corrected chi connectivity index (χ0v) is 12.2. The third-order valence-electron chi connectivity index (χ3n) is 3.27. The molecule has 0 atom stereocenters. The summed E-state index contributed by atoms with van der Waals surface area (Å²) in [6.45, 7) is 10.4. The second kappa shape index (κ2) is 5.91. The summed E-state index contributed by atoms with van der Waals surface area (Å²) in [6.07, 6.45) is 6.02. The van der Waals surface area contributed by atoms with E-state index >= 15 is 0 Å². The molecule has 0 fully saturated rings. The summed E-state index contributed by atoms with van der Waals surface area (Å²) in [5, 5.41) is 2.02. The molecule has 0 aliphatic carbocycles. The van der Waals surface area contributed by atoms with Crippen molar-refractivity contribution in [3.05, 3.63) is 64.6 Å². The van der Waals surface area contributed by atoms with Gasteiger partial charge in [-0.2, -0.15) is 0 Å². The Balaban J connectivity index is 2.77. The molecule has 1 nitrogen and oxygen atoms in total. The molecule has 2 aromatic rings. The Morgan fingerprint density at radius 2 is 1.85 bits per heavy atom. The van der Waals surface area contributed by atoms with E-state index in [1.54, 1.807) is 12.1 Å². The number of hydrogen-bond acceptors (Lipinski definition) is 0. The largest absolute Gasteiger partial charge is 0.313 e. The van der Waals surface area contributed by atoms with Crippen molar-refractivity contribution in [2.45, 2.75) is 26.7 Å². The van der Waals surface area contributed by atoms with Gasteiger partial charge in [-0.1, -0.05) is 32.6 Å². The van der Waals surface area contributed by atoms with Crippen molar-refractivity contribution in [3.63, 3.8) is 0 Å². The van der Waals surface area contributed by atoms with Crippen molar-refractivity contribution in [2.24, 2.45) is 0 Å². The molecule has 0 bridgehead atoms. The van der Waals surface area contributed by atoms with Gasteiger partial charge in [0.1, 0.15) is 5.82 Å². The fourth-order valence-corrected chi connectivity index (χ4v) is 2.27. The van der Waals surface area contributed by atoms with Crippen LogP contribution in [0.1, 0.15) is 32.4 Å². The van der Waals surface area contributed by atoms with Crippen LogP contribution in [-0.2, 0) is 0 Å². The number of nitrogens with zero attached hydrogens (tertiary/aromatic N) is 1. The van der Waals surface area contributed by atoms with Gasteiger partial charge in [0.05, 0.1) is 5.35 Å². The predicted molar refractivity (Wildman–Crippen MR) is 83.9 cm³/mol. The third-order valence-corrected chi connectivity index (χ3v) is 3.27. The Hall–Kier alpha value is -2.09. The quantitative estimate of drug-likeness (QED) is 0.803. The van der Waals surface area contributed by atoms with E-state index < -0.39 is 0 Å². The lowest BCUT2D eigenvalue weighted by Gasteiger charge is -2.12. The molecule has 0 aliphatic heterocycles. The van der Waals surface area contributed by atoms with Crippen molar-refractivity contribution < 1.29 is 4.39 Å². The number of rotatable bonds is 3. The van der Waals surface area contributed by atoms with Crippen molar-refractivity contribution in [2.75, 3.05) is 0 Å². The highest BCUT2D eigenvalue weighted by Crippen LogP contribution is 2.16. The molecule has 1 aromatic heterocycles. The van der Waals surface area contributed by atoms with Crippen LogP contribution in [0.15, 0.2) is 42.5 Å². The molecule has 2 rings (SSSR count). The van der Waals surface area contributed by atoms with E-state index in [1.807, 2.05) is 25.2 Å². The van der Waals surface area contributed by atoms with Crippen molar-refractivity contribution in [3.8, 4) is 5.69 Å². The SMILES string of the molecule is C=c1cc(C(C)C)n(-c2ccc(F)cc2)/c1=C/C=C\C. The molecule has 20 heavy (non-hydrogen) atoms. The first-order valence-corrected chi connectivity index (χ1v) is 6.84. The van der Waals surface area contributed by atoms with Crippen LogP contribution in [0.4, 0.5) is 4.39 Å². The molecule has 1 heterocycles. The summed E-state index contributed by atoms with van der Waals surface area (Å²) in [5.74, 6) is 0.147. The first-order chi connectivity index (χ1) is 9.54. The van der Waals surface area contributed by atoms with Gasteiger partial charge in [-0.15, -0.1) is 0 Å². The standard InChI is InChI=1S/C18H20FN/c1-5-6-7-17-14(4)12-18(13(2)3)20(17)16-10-8-15(19)9-11-16/h5-13H,4H2,1-3H3/b6-5-,17-7+. The van der Waals surface area contributed by atoms with Gasteiger partial charge in [0.2, 0.25) is 0 Å². The maximum absolute atomic E-state index is 13.1. The fourth-order valence-electron chi connectivity index (χ4n) is 2.27. The summed E-state index contributed by atoms with van der Waals surface area (Å²) in [7, 11) is 0. The van der Waals surface area contributed by atoms with Crippen molar-refractivity contribution >= 4 is 12.7 Å². The molecule has 0 spiro atoms. The monoisotopic (exact) mass is 269 g/mol. The van der Waals surface area contributed by atoms with Crippen LogP contribution in [0.25, 0.3) is 18.3 Å². The van der Waals surface area contributed by atoms with Gasteiger partial charge in [-0.25, -0.2) is 4.39 Å². The molecule has 0 aliphatic rings. The van der Waals surface area contributed by atoms with E-state index in [0.29, 0.717) is 5.92 Å². The van der Waals surface area contributed by atoms with E-state index in [-0.39, 0.29) is 5.82 Å². The zero-order valence-electron chi connectivity index (χ0n) is 12.2. The van der Waals surface area contributed by atoms with Crippen molar-refractivity contribution in [1.29, 1.82) is 0 Å². The van der Waals surface area contributed by atoms with Gasteiger partial charge in [0.15, 0.2) is 0 Å². The molecule has 2 heteroatoms. The van der Waals surface area contributed by atoms with Gasteiger partial charge >= 0.3 is 0 Å². The number of allylic oxidation sites excluding steroid dienone is 2. The molecule has 104 valence electrons. The van der Waals surface area contributed by atoms with Gasteiger partial charge in [0.25, 0.3) is 0 Å². The average Bonchev–Trinajstić information content (AvgIpc) is 2.74. The third kappa shape index (κ3) is 2.74. The molecular weight excluding hydrogens is 249 g/mol. The molecule has 0 saturated carbocycles. The highest BCUT2D eigenvalue weighted by atomic mass is 19.1. The molecule has 0 radical (unpaired) electrons. The molecule has 0 saturated heterocycles. The van der Waals surface area contributed by atoms with Crippen LogP contribution >= 0.6 is 0 Å². The van der Waals surface area contributed by atoms with E-state index in [4.69, 9.17) is 0 Å². The van der Waals surface area contributed by atoms with Crippen LogP contribution in [0.3, 0.4) is 0 Å². The van der Waals surface area contributed by atoms with E-state index in [2.05, 4.69) is 31.1 Å². The Labute approximate surface area is 119 Å². The van der Waals surface area contributed by atoms with Gasteiger partial charge in [-0.05, 0) is 54.5 Å². The van der Waals surface area contributed by atoms with Crippen LogP contribution in [0.5, 0.6) is 0 Å². The minimum Gasteiger partial charge on any atom is -0.313 e. The van der Waals surface area contributed by atoms with E-state index in [9.17, 15) is 4.39 Å². The van der Waals surface area contributed by atoms with Crippen LogP contribution in [-0.4, -0.2) is 4.57 Å². The van der Waals surface area contributed by atoms with Gasteiger partial charge < -0.3 is 4.57 Å². The summed E-state index contributed by atoms with van der Waals surface area (Å²) < 4.78 is 15.3. The number of benzene rings is 1. The normalized spacial score (nSPS) is 12.8. The zero-order chi connectivity index (χ0) is 14.7. The lowest BCUT2D eigenvalue weighted by Crippen LogP contribution is -2.27. The smallest absolute Gasteiger partial charge is 0.123 e. The lowest BCUT2D eigenvalue weighted by molar-refractivity contribution is 0.627. The number of hydrogen-bond donors (Lipinski definition) is 0. The maximum Gasteiger partial charge on any atom is 0.123 e. The Kier molecular flexibility index (Phi) is 4.23. The summed E-state index contributed by atoms with van der Waals surface area (Å²) >= 11 is 0. The number of halogens is 1. The van der Waals surface area contributed by atoms with E-state index in [0.717, 1.165) is 16.3 Å². The summed E-state index contributed by atoms with van der Waals surface area (Å²) in [4.78, 5) is 0. The molecule has 0 amide bonds. The minimum absolute atomic E-state index is 0.221. The van der Waals surface area contributed by atoms with Gasteiger partial charge in [-0.3, -0.25) is 0 Å². The highest BCUT2D eigenvalue weighted by molar-refractivity contribution is 5.43. The second-order valence-corrected chi connectivity index (χ2v) is 5.14. The molecule has 1 aromatic carbocycles. The fraction of sp³-hybridized carbons (Fsp3) is 0.222. The molecule has 0 unspecified atom stereocenters. The lowest BCUT2D eigenvalue weighted by atomic mass is 10.1. The van der Waals surface area contributed by atoms with Crippen LogP contribution < -0.4 is 10.6 Å². The summed E-state index contributed by atoms with van der Waals surface area (Å²) in [6, 6.07) is 8.67. The Morgan fingerprint density at radius 3 is 2.40 bits per heavy atom. The van der Waals surface area contributed by atoms with Crippen LogP contribution in [0, 0.1) is 5.82 Å². The molecule has 0 N–H and O–H groups in total. The Morgan fingerprint density at radius 1 is 1.20 bits per heavy atom.